The van der Waals surface area contributed by atoms with E-state index in [4.69, 9.17) is 10.1 Å². The lowest BCUT2D eigenvalue weighted by Crippen LogP contribution is -2.47. The minimum Gasteiger partial charge on any atom is -0.481 e. The second-order valence-electron chi connectivity index (χ2n) is 6.12. The summed E-state index contributed by atoms with van der Waals surface area (Å²) in [6.07, 6.45) is 7.40. The Morgan fingerprint density at radius 1 is 1.20 bits per heavy atom. The van der Waals surface area contributed by atoms with Crippen LogP contribution in [0.2, 0.25) is 0 Å². The summed E-state index contributed by atoms with van der Waals surface area (Å²) in [7, 11) is 0. The number of aliphatic carboxylic acids is 1. The van der Waals surface area contributed by atoms with Gasteiger partial charge in [0.25, 0.3) is 0 Å². The van der Waals surface area contributed by atoms with Crippen LogP contribution in [0, 0.1) is 0 Å². The molecule has 1 aromatic heterocycles. The van der Waals surface area contributed by atoms with E-state index in [1.165, 1.54) is 0 Å². The maximum Gasteiger partial charge on any atom is 0.303 e. The van der Waals surface area contributed by atoms with Crippen molar-refractivity contribution in [3.63, 3.8) is 0 Å². The maximum absolute atomic E-state index is 10.5. The fourth-order valence-corrected chi connectivity index (χ4v) is 2.96. The van der Waals surface area contributed by atoms with Crippen molar-refractivity contribution in [3.05, 3.63) is 55.3 Å². The van der Waals surface area contributed by atoms with Crippen LogP contribution in [-0.4, -0.2) is 53.7 Å². The van der Waals surface area contributed by atoms with Crippen molar-refractivity contribution in [1.29, 1.82) is 0 Å². The molecule has 0 radical (unpaired) electrons. The molecule has 0 amide bonds. The van der Waals surface area contributed by atoms with Crippen LogP contribution in [0.25, 0.3) is 5.57 Å². The van der Waals surface area contributed by atoms with Gasteiger partial charge >= 0.3 is 5.97 Å². The Morgan fingerprint density at radius 3 is 2.60 bits per heavy atom. The minimum absolute atomic E-state index is 0.264. The number of hydrogen-bond donors (Lipinski definition) is 1. The van der Waals surface area contributed by atoms with Crippen molar-refractivity contribution in [3.8, 4) is 0 Å². The molecule has 2 heterocycles. The lowest BCUT2D eigenvalue weighted by molar-refractivity contribution is -0.137. The van der Waals surface area contributed by atoms with Gasteiger partial charge in [0.1, 0.15) is 5.82 Å². The van der Waals surface area contributed by atoms with E-state index in [2.05, 4.69) is 23.0 Å². The molecule has 0 aliphatic carbocycles. The topological polar surface area (TPSA) is 56.7 Å². The third-order valence-corrected chi connectivity index (χ3v) is 4.36. The van der Waals surface area contributed by atoms with Gasteiger partial charge in [-0.2, -0.15) is 0 Å². The van der Waals surface area contributed by atoms with Crippen molar-refractivity contribution in [2.24, 2.45) is 0 Å². The van der Waals surface area contributed by atoms with E-state index < -0.39 is 5.97 Å². The molecule has 25 heavy (non-hydrogen) atoms. The van der Waals surface area contributed by atoms with Gasteiger partial charge in [0, 0.05) is 32.6 Å². The zero-order chi connectivity index (χ0) is 18.1. The van der Waals surface area contributed by atoms with Crippen LogP contribution in [0.15, 0.2) is 49.6 Å². The van der Waals surface area contributed by atoms with Gasteiger partial charge < -0.3 is 10.0 Å². The number of unbranched alkanes of at least 4 members (excludes halogenated alkanes) is 1. The number of anilines is 1. The summed E-state index contributed by atoms with van der Waals surface area (Å²) in [6, 6.07) is 6.05. The Kier molecular flexibility index (Phi) is 7.41. The predicted octanol–water partition coefficient (Wildman–Crippen LogP) is 3.21. The molecule has 1 aliphatic rings. The SMILES string of the molecule is C=CC=C(C=C)c1cccc(N2CCN(CCCCC(=O)O)CC2)n1. The molecule has 0 bridgehead atoms. The molecule has 0 spiro atoms. The lowest BCUT2D eigenvalue weighted by Gasteiger charge is -2.35. The monoisotopic (exact) mass is 341 g/mol. The Labute approximate surface area is 150 Å². The second kappa shape index (κ2) is 9.79. The summed E-state index contributed by atoms with van der Waals surface area (Å²) in [6.45, 7) is 12.4. The number of nitrogens with zero attached hydrogens (tertiary/aromatic N) is 3. The van der Waals surface area contributed by atoms with Crippen LogP contribution in [0.3, 0.4) is 0 Å². The Morgan fingerprint density at radius 2 is 1.96 bits per heavy atom. The van der Waals surface area contributed by atoms with Gasteiger partial charge in [-0.05, 0) is 37.1 Å². The van der Waals surface area contributed by atoms with Gasteiger partial charge in [-0.25, -0.2) is 4.98 Å². The summed E-state index contributed by atoms with van der Waals surface area (Å²) < 4.78 is 0. The highest BCUT2D eigenvalue weighted by molar-refractivity contribution is 5.73. The molecule has 1 aliphatic heterocycles. The average Bonchev–Trinajstić information content (AvgIpc) is 2.64. The van der Waals surface area contributed by atoms with Crippen molar-refractivity contribution in [1.82, 2.24) is 9.88 Å². The van der Waals surface area contributed by atoms with Crippen LogP contribution >= 0.6 is 0 Å². The van der Waals surface area contributed by atoms with E-state index in [1.54, 1.807) is 12.2 Å². The number of rotatable bonds is 9. The summed E-state index contributed by atoms with van der Waals surface area (Å²) in [5, 5.41) is 8.68. The molecule has 5 heteroatoms. The Hall–Kier alpha value is -2.40. The second-order valence-corrected chi connectivity index (χ2v) is 6.12. The Bertz CT molecular complexity index is 632. The first-order valence-electron chi connectivity index (χ1n) is 8.75. The van der Waals surface area contributed by atoms with Crippen molar-refractivity contribution in [2.45, 2.75) is 19.3 Å². The van der Waals surface area contributed by atoms with Crippen LogP contribution in [-0.2, 0) is 4.79 Å². The highest BCUT2D eigenvalue weighted by Gasteiger charge is 2.18. The summed E-state index contributed by atoms with van der Waals surface area (Å²) in [5.41, 5.74) is 1.87. The average molecular weight is 341 g/mol. The number of hydrogen-bond acceptors (Lipinski definition) is 4. The van der Waals surface area contributed by atoms with Gasteiger partial charge in [0.05, 0.1) is 5.69 Å². The quantitative estimate of drug-likeness (QED) is 0.552. The van der Waals surface area contributed by atoms with Gasteiger partial charge in [0.15, 0.2) is 0 Å². The molecule has 5 nitrogen and oxygen atoms in total. The number of aromatic nitrogens is 1. The highest BCUT2D eigenvalue weighted by atomic mass is 16.4. The molecule has 0 saturated carbocycles. The predicted molar refractivity (Wildman–Crippen MR) is 103 cm³/mol. The summed E-state index contributed by atoms with van der Waals surface area (Å²) in [4.78, 5) is 20.0. The fourth-order valence-electron chi connectivity index (χ4n) is 2.96. The van der Waals surface area contributed by atoms with Gasteiger partial charge in [-0.15, -0.1) is 0 Å². The first-order valence-corrected chi connectivity index (χ1v) is 8.75. The molecule has 0 atom stereocenters. The maximum atomic E-state index is 10.5. The van der Waals surface area contributed by atoms with E-state index in [1.807, 2.05) is 24.3 Å². The van der Waals surface area contributed by atoms with Crippen LogP contribution in [0.1, 0.15) is 25.0 Å². The number of allylic oxidation sites excluding steroid dienone is 4. The zero-order valence-corrected chi connectivity index (χ0v) is 14.7. The van der Waals surface area contributed by atoms with Crippen LogP contribution in [0.4, 0.5) is 5.82 Å². The van der Waals surface area contributed by atoms with Gasteiger partial charge in [-0.1, -0.05) is 37.5 Å². The molecule has 1 N–H and O–H groups in total. The minimum atomic E-state index is -0.708. The number of pyridine rings is 1. The number of carbonyl (C=O) groups is 1. The van der Waals surface area contributed by atoms with Crippen LogP contribution < -0.4 is 4.90 Å². The molecule has 2 rings (SSSR count). The lowest BCUT2D eigenvalue weighted by atomic mass is 10.1. The first kappa shape index (κ1) is 18.9. The fraction of sp³-hybridized carbons (Fsp3) is 0.400. The molecule has 1 aromatic rings. The molecule has 1 saturated heterocycles. The summed E-state index contributed by atoms with van der Waals surface area (Å²) in [5.74, 6) is 0.278. The standard InChI is InChI=1S/C20H27N3O2/c1-3-8-17(4-2)18-9-7-10-19(21-18)23-15-13-22(14-16-23)12-6-5-11-20(24)25/h3-4,7-10H,1-2,5-6,11-16H2,(H,24,25). The third kappa shape index (κ3) is 5.87. The molecular formula is C20H27N3O2. The zero-order valence-electron chi connectivity index (χ0n) is 14.7. The van der Waals surface area contributed by atoms with Crippen molar-refractivity contribution < 1.29 is 9.90 Å². The summed E-state index contributed by atoms with van der Waals surface area (Å²) >= 11 is 0. The van der Waals surface area contributed by atoms with E-state index in [0.29, 0.717) is 0 Å². The van der Waals surface area contributed by atoms with E-state index in [9.17, 15) is 4.79 Å². The van der Waals surface area contributed by atoms with E-state index in [-0.39, 0.29) is 6.42 Å². The van der Waals surface area contributed by atoms with Gasteiger partial charge in [0.2, 0.25) is 0 Å². The molecule has 134 valence electrons. The normalized spacial score (nSPS) is 15.8. The number of carboxylic acids is 1. The largest absolute Gasteiger partial charge is 0.481 e. The molecule has 0 unspecified atom stereocenters. The van der Waals surface area contributed by atoms with Crippen molar-refractivity contribution in [2.75, 3.05) is 37.6 Å². The number of piperazine rings is 1. The molecule has 1 fully saturated rings. The molecule has 0 aromatic carbocycles. The van der Waals surface area contributed by atoms with Gasteiger partial charge in [-0.3, -0.25) is 9.69 Å². The highest BCUT2D eigenvalue weighted by Crippen LogP contribution is 2.19. The van der Waals surface area contributed by atoms with E-state index in [0.717, 1.165) is 62.7 Å². The van der Waals surface area contributed by atoms with Crippen molar-refractivity contribution >= 4 is 17.4 Å². The van der Waals surface area contributed by atoms with E-state index >= 15 is 0 Å². The van der Waals surface area contributed by atoms with Crippen LogP contribution in [0.5, 0.6) is 0 Å². The first-order chi connectivity index (χ1) is 12.1. The smallest absolute Gasteiger partial charge is 0.303 e. The third-order valence-electron chi connectivity index (χ3n) is 4.36. The molecular weight excluding hydrogens is 314 g/mol. The Balaban J connectivity index is 1.88. The number of carboxylic acid groups (broad SMARTS) is 1.